The topological polar surface area (TPSA) is 12.0 Å². The molecule has 0 fully saturated rings. The number of hydrogen-bond donors (Lipinski definition) is 1. The monoisotopic (exact) mass is 221 g/mol. The molecule has 0 aliphatic carbocycles. The van der Waals surface area contributed by atoms with Crippen molar-refractivity contribution in [2.45, 2.75) is 46.2 Å². The fraction of sp³-hybridized carbons (Fsp3) is 0.571. The summed E-state index contributed by atoms with van der Waals surface area (Å²) in [6, 6.07) is 3.98. The minimum absolute atomic E-state index is 0.0592. The van der Waals surface area contributed by atoms with Gasteiger partial charge in [0.1, 0.15) is 5.82 Å². The SMILES string of the molecule is Cc1ccc(F)c2c1CC(CC(C)C)NC2. The summed E-state index contributed by atoms with van der Waals surface area (Å²) < 4.78 is 13.6. The highest BCUT2D eigenvalue weighted by molar-refractivity contribution is 5.37. The minimum Gasteiger partial charge on any atom is -0.309 e. The first kappa shape index (κ1) is 11.6. The summed E-state index contributed by atoms with van der Waals surface area (Å²) in [6.07, 6.45) is 2.13. The number of aryl methyl sites for hydroxylation is 1. The molecule has 1 aliphatic heterocycles. The number of rotatable bonds is 2. The number of halogens is 1. The van der Waals surface area contributed by atoms with Crippen molar-refractivity contribution in [3.05, 3.63) is 34.6 Å². The van der Waals surface area contributed by atoms with Crippen molar-refractivity contribution in [2.75, 3.05) is 0 Å². The van der Waals surface area contributed by atoms with Crippen LogP contribution < -0.4 is 5.32 Å². The molecule has 0 saturated carbocycles. The maximum atomic E-state index is 13.6. The Morgan fingerprint density at radius 2 is 2.12 bits per heavy atom. The van der Waals surface area contributed by atoms with E-state index in [-0.39, 0.29) is 5.82 Å². The highest BCUT2D eigenvalue weighted by Crippen LogP contribution is 2.25. The third-order valence-corrected chi connectivity index (χ3v) is 3.38. The molecule has 1 aromatic rings. The van der Waals surface area contributed by atoms with Crippen LogP contribution in [0.25, 0.3) is 0 Å². The van der Waals surface area contributed by atoms with Crippen LogP contribution in [-0.4, -0.2) is 6.04 Å². The Balaban J connectivity index is 2.23. The normalized spacial score (nSPS) is 19.9. The van der Waals surface area contributed by atoms with E-state index in [9.17, 15) is 4.39 Å². The molecule has 1 N–H and O–H groups in total. The van der Waals surface area contributed by atoms with Crippen LogP contribution in [0.2, 0.25) is 0 Å². The lowest BCUT2D eigenvalue weighted by Gasteiger charge is -2.28. The molecular formula is C14H20FN. The van der Waals surface area contributed by atoms with E-state index in [1.165, 1.54) is 11.1 Å². The standard InChI is InChI=1S/C14H20FN/c1-9(2)6-11-7-12-10(3)4-5-14(15)13(12)8-16-11/h4-5,9,11,16H,6-8H2,1-3H3. The molecule has 1 atom stereocenters. The number of hydrogen-bond acceptors (Lipinski definition) is 1. The lowest BCUT2D eigenvalue weighted by atomic mass is 9.88. The molecule has 1 unspecified atom stereocenters. The number of nitrogens with one attached hydrogen (secondary N) is 1. The Bertz CT molecular complexity index is 385. The predicted molar refractivity (Wildman–Crippen MR) is 64.9 cm³/mol. The van der Waals surface area contributed by atoms with Crippen molar-refractivity contribution in [1.29, 1.82) is 0 Å². The van der Waals surface area contributed by atoms with E-state index in [4.69, 9.17) is 0 Å². The summed E-state index contributed by atoms with van der Waals surface area (Å²) in [4.78, 5) is 0. The first-order chi connectivity index (χ1) is 7.58. The third-order valence-electron chi connectivity index (χ3n) is 3.38. The molecule has 1 aliphatic rings. The van der Waals surface area contributed by atoms with E-state index < -0.39 is 0 Å². The van der Waals surface area contributed by atoms with Crippen LogP contribution in [0.15, 0.2) is 12.1 Å². The highest BCUT2D eigenvalue weighted by Gasteiger charge is 2.22. The zero-order valence-electron chi connectivity index (χ0n) is 10.3. The van der Waals surface area contributed by atoms with Gasteiger partial charge in [0.05, 0.1) is 0 Å². The van der Waals surface area contributed by atoms with E-state index in [2.05, 4.69) is 26.1 Å². The first-order valence-corrected chi connectivity index (χ1v) is 6.08. The maximum Gasteiger partial charge on any atom is 0.127 e. The van der Waals surface area contributed by atoms with Crippen LogP contribution in [0.4, 0.5) is 4.39 Å². The summed E-state index contributed by atoms with van der Waals surface area (Å²) in [5.41, 5.74) is 3.33. The number of benzene rings is 1. The highest BCUT2D eigenvalue weighted by atomic mass is 19.1. The lowest BCUT2D eigenvalue weighted by molar-refractivity contribution is 0.391. The van der Waals surface area contributed by atoms with Crippen LogP contribution in [0, 0.1) is 18.7 Å². The van der Waals surface area contributed by atoms with Gasteiger partial charge >= 0.3 is 0 Å². The van der Waals surface area contributed by atoms with Crippen molar-refractivity contribution in [1.82, 2.24) is 5.32 Å². The van der Waals surface area contributed by atoms with Crippen LogP contribution >= 0.6 is 0 Å². The van der Waals surface area contributed by atoms with E-state index in [1.807, 2.05) is 6.07 Å². The molecule has 16 heavy (non-hydrogen) atoms. The summed E-state index contributed by atoms with van der Waals surface area (Å²) in [6.45, 7) is 7.22. The summed E-state index contributed by atoms with van der Waals surface area (Å²) in [5.74, 6) is 0.629. The van der Waals surface area contributed by atoms with Gasteiger partial charge in [0.15, 0.2) is 0 Å². The van der Waals surface area contributed by atoms with Crippen molar-refractivity contribution < 1.29 is 4.39 Å². The average Bonchev–Trinajstić information content (AvgIpc) is 2.23. The van der Waals surface area contributed by atoms with Crippen LogP contribution in [-0.2, 0) is 13.0 Å². The zero-order chi connectivity index (χ0) is 11.7. The van der Waals surface area contributed by atoms with E-state index in [1.54, 1.807) is 6.07 Å². The summed E-state index contributed by atoms with van der Waals surface area (Å²) in [7, 11) is 0. The Hall–Kier alpha value is -0.890. The van der Waals surface area contributed by atoms with Gasteiger partial charge in [-0.2, -0.15) is 0 Å². The molecule has 0 radical (unpaired) electrons. The largest absolute Gasteiger partial charge is 0.309 e. The fourth-order valence-electron chi connectivity index (χ4n) is 2.56. The van der Waals surface area contributed by atoms with Gasteiger partial charge in [0.2, 0.25) is 0 Å². The number of fused-ring (bicyclic) bond motifs is 1. The van der Waals surface area contributed by atoms with E-state index >= 15 is 0 Å². The maximum absolute atomic E-state index is 13.6. The molecule has 0 saturated heterocycles. The van der Waals surface area contributed by atoms with Gasteiger partial charge in [-0.15, -0.1) is 0 Å². The third kappa shape index (κ3) is 2.27. The fourth-order valence-corrected chi connectivity index (χ4v) is 2.56. The molecule has 1 nitrogen and oxygen atoms in total. The lowest BCUT2D eigenvalue weighted by Crippen LogP contribution is -2.37. The molecule has 88 valence electrons. The predicted octanol–water partition coefficient (Wildman–Crippen LogP) is 3.19. The van der Waals surface area contributed by atoms with Gasteiger partial charge in [-0.25, -0.2) is 4.39 Å². The van der Waals surface area contributed by atoms with Crippen LogP contribution in [0.5, 0.6) is 0 Å². The van der Waals surface area contributed by atoms with Crippen molar-refractivity contribution >= 4 is 0 Å². The molecule has 0 bridgehead atoms. The molecule has 0 spiro atoms. The van der Waals surface area contributed by atoms with Gasteiger partial charge in [-0.3, -0.25) is 0 Å². The second-order valence-electron chi connectivity index (χ2n) is 5.23. The minimum atomic E-state index is -0.0592. The van der Waals surface area contributed by atoms with Gasteiger partial charge in [-0.05, 0) is 42.9 Å². The Labute approximate surface area is 97.1 Å². The van der Waals surface area contributed by atoms with E-state index in [0.29, 0.717) is 18.5 Å². The quantitative estimate of drug-likeness (QED) is 0.808. The molecular weight excluding hydrogens is 201 g/mol. The van der Waals surface area contributed by atoms with Gasteiger partial charge in [0.25, 0.3) is 0 Å². The van der Waals surface area contributed by atoms with Crippen LogP contribution in [0.1, 0.15) is 37.0 Å². The van der Waals surface area contributed by atoms with Gasteiger partial charge < -0.3 is 5.32 Å². The second kappa shape index (κ2) is 4.54. The van der Waals surface area contributed by atoms with Gasteiger partial charge in [0, 0.05) is 18.2 Å². The van der Waals surface area contributed by atoms with Gasteiger partial charge in [-0.1, -0.05) is 19.9 Å². The van der Waals surface area contributed by atoms with Crippen molar-refractivity contribution in [3.63, 3.8) is 0 Å². The average molecular weight is 221 g/mol. The van der Waals surface area contributed by atoms with Crippen molar-refractivity contribution in [2.24, 2.45) is 5.92 Å². The Morgan fingerprint density at radius 1 is 1.38 bits per heavy atom. The molecule has 0 amide bonds. The van der Waals surface area contributed by atoms with Crippen LogP contribution in [0.3, 0.4) is 0 Å². The summed E-state index contributed by atoms with van der Waals surface area (Å²) in [5, 5.41) is 3.43. The Morgan fingerprint density at radius 3 is 2.81 bits per heavy atom. The zero-order valence-corrected chi connectivity index (χ0v) is 10.3. The molecule has 0 aromatic heterocycles. The van der Waals surface area contributed by atoms with Crippen molar-refractivity contribution in [3.8, 4) is 0 Å². The molecule has 2 heteroatoms. The molecule has 1 aromatic carbocycles. The van der Waals surface area contributed by atoms with E-state index in [0.717, 1.165) is 18.4 Å². The second-order valence-corrected chi connectivity index (χ2v) is 5.23. The molecule has 1 heterocycles. The summed E-state index contributed by atoms with van der Waals surface area (Å²) >= 11 is 0. The first-order valence-electron chi connectivity index (χ1n) is 6.08. The smallest absolute Gasteiger partial charge is 0.127 e. The molecule has 2 rings (SSSR count). The Kier molecular flexibility index (Phi) is 3.29.